The summed E-state index contributed by atoms with van der Waals surface area (Å²) < 4.78 is 5.95. The normalized spacial score (nSPS) is 15.3. The SMILES string of the molecule is CCC(CC)NC(=O)C1CN(CC(=O)NCc2ccc(C)cc2)c2ccccc2O1. The van der Waals surface area contributed by atoms with Gasteiger partial charge in [0, 0.05) is 12.6 Å². The third-order valence-corrected chi connectivity index (χ3v) is 5.43. The van der Waals surface area contributed by atoms with E-state index in [9.17, 15) is 9.59 Å². The smallest absolute Gasteiger partial charge is 0.263 e. The van der Waals surface area contributed by atoms with Crippen LogP contribution < -0.4 is 20.3 Å². The summed E-state index contributed by atoms with van der Waals surface area (Å²) in [5.74, 6) is 0.398. The number of nitrogens with zero attached hydrogens (tertiary/aromatic N) is 1. The summed E-state index contributed by atoms with van der Waals surface area (Å²) in [6, 6.07) is 15.7. The molecule has 0 radical (unpaired) electrons. The fourth-order valence-corrected chi connectivity index (χ4v) is 3.52. The Labute approximate surface area is 178 Å². The first-order valence-corrected chi connectivity index (χ1v) is 10.6. The Kier molecular flexibility index (Phi) is 7.33. The number of ether oxygens (including phenoxy) is 1. The number of fused-ring (bicyclic) bond motifs is 1. The van der Waals surface area contributed by atoms with Gasteiger partial charge in [0.25, 0.3) is 5.91 Å². The van der Waals surface area contributed by atoms with Crippen LogP contribution in [0.3, 0.4) is 0 Å². The van der Waals surface area contributed by atoms with Gasteiger partial charge in [0.1, 0.15) is 5.75 Å². The van der Waals surface area contributed by atoms with Gasteiger partial charge in [-0.05, 0) is 37.5 Å². The minimum atomic E-state index is -0.648. The number of carbonyl (C=O) groups excluding carboxylic acids is 2. The number of amides is 2. The predicted octanol–water partition coefficient (Wildman–Crippen LogP) is 3.18. The van der Waals surface area contributed by atoms with Crippen LogP contribution in [0.15, 0.2) is 48.5 Å². The predicted molar refractivity (Wildman–Crippen MR) is 119 cm³/mol. The Hall–Kier alpha value is -3.02. The van der Waals surface area contributed by atoms with Gasteiger partial charge < -0.3 is 20.3 Å². The van der Waals surface area contributed by atoms with Crippen molar-refractivity contribution in [2.24, 2.45) is 0 Å². The summed E-state index contributed by atoms with van der Waals surface area (Å²) in [6.07, 6.45) is 1.10. The number of nitrogens with one attached hydrogen (secondary N) is 2. The third kappa shape index (κ3) is 5.53. The quantitative estimate of drug-likeness (QED) is 0.703. The Morgan fingerprint density at radius 1 is 1.10 bits per heavy atom. The van der Waals surface area contributed by atoms with Crippen LogP contribution >= 0.6 is 0 Å². The first kappa shape index (κ1) is 21.7. The van der Waals surface area contributed by atoms with E-state index in [1.54, 1.807) is 0 Å². The molecule has 1 aliphatic heterocycles. The van der Waals surface area contributed by atoms with E-state index in [4.69, 9.17) is 4.74 Å². The van der Waals surface area contributed by atoms with Crippen LogP contribution in [0.2, 0.25) is 0 Å². The molecule has 160 valence electrons. The van der Waals surface area contributed by atoms with E-state index in [-0.39, 0.29) is 24.4 Å². The van der Waals surface area contributed by atoms with Crippen molar-refractivity contribution in [3.8, 4) is 5.75 Å². The van der Waals surface area contributed by atoms with Crippen LogP contribution in [-0.2, 0) is 16.1 Å². The van der Waals surface area contributed by atoms with Crippen LogP contribution in [0.5, 0.6) is 5.75 Å². The molecule has 0 aromatic heterocycles. The van der Waals surface area contributed by atoms with Gasteiger partial charge in [-0.1, -0.05) is 55.8 Å². The molecule has 1 unspecified atom stereocenters. The van der Waals surface area contributed by atoms with Gasteiger partial charge >= 0.3 is 0 Å². The highest BCUT2D eigenvalue weighted by atomic mass is 16.5. The highest BCUT2D eigenvalue weighted by molar-refractivity contribution is 5.86. The minimum absolute atomic E-state index is 0.0913. The highest BCUT2D eigenvalue weighted by Crippen LogP contribution is 2.32. The van der Waals surface area contributed by atoms with Gasteiger partial charge in [-0.25, -0.2) is 0 Å². The summed E-state index contributed by atoms with van der Waals surface area (Å²) in [5, 5.41) is 6.02. The van der Waals surface area contributed by atoms with Crippen molar-refractivity contribution >= 4 is 17.5 Å². The molecule has 0 bridgehead atoms. The fraction of sp³-hybridized carbons (Fsp3) is 0.417. The first-order chi connectivity index (χ1) is 14.5. The summed E-state index contributed by atoms with van der Waals surface area (Å²) in [7, 11) is 0. The zero-order valence-electron chi connectivity index (χ0n) is 18.0. The van der Waals surface area contributed by atoms with Gasteiger partial charge in [-0.2, -0.15) is 0 Å². The minimum Gasteiger partial charge on any atom is -0.477 e. The summed E-state index contributed by atoms with van der Waals surface area (Å²) in [4.78, 5) is 27.3. The van der Waals surface area contributed by atoms with Crippen molar-refractivity contribution in [2.45, 2.75) is 52.3 Å². The Balaban J connectivity index is 1.65. The van der Waals surface area contributed by atoms with Crippen LogP contribution in [0, 0.1) is 6.92 Å². The molecule has 2 amide bonds. The number of aryl methyl sites for hydroxylation is 1. The molecule has 2 N–H and O–H groups in total. The van der Waals surface area contributed by atoms with Crippen LogP contribution in [0.25, 0.3) is 0 Å². The largest absolute Gasteiger partial charge is 0.477 e. The molecule has 1 atom stereocenters. The molecule has 1 heterocycles. The average Bonchev–Trinajstić information content (AvgIpc) is 2.76. The van der Waals surface area contributed by atoms with Crippen LogP contribution in [-0.4, -0.2) is 37.0 Å². The van der Waals surface area contributed by atoms with Crippen molar-refractivity contribution in [3.05, 3.63) is 59.7 Å². The lowest BCUT2D eigenvalue weighted by molar-refractivity contribution is -0.129. The second-order valence-electron chi connectivity index (χ2n) is 7.74. The topological polar surface area (TPSA) is 70.7 Å². The van der Waals surface area contributed by atoms with Gasteiger partial charge in [0.15, 0.2) is 6.10 Å². The summed E-state index contributed by atoms with van der Waals surface area (Å²) >= 11 is 0. The van der Waals surface area contributed by atoms with Crippen molar-refractivity contribution in [1.29, 1.82) is 0 Å². The third-order valence-electron chi connectivity index (χ3n) is 5.43. The molecule has 6 heteroatoms. The van der Waals surface area contributed by atoms with E-state index in [2.05, 4.69) is 24.5 Å². The van der Waals surface area contributed by atoms with Crippen LogP contribution in [0.1, 0.15) is 37.8 Å². The lowest BCUT2D eigenvalue weighted by atomic mass is 10.1. The van der Waals surface area contributed by atoms with E-state index >= 15 is 0 Å². The fourth-order valence-electron chi connectivity index (χ4n) is 3.52. The molecule has 2 aromatic rings. The second-order valence-corrected chi connectivity index (χ2v) is 7.74. The van der Waals surface area contributed by atoms with Gasteiger partial charge in [0.2, 0.25) is 5.91 Å². The first-order valence-electron chi connectivity index (χ1n) is 10.6. The number of para-hydroxylation sites is 2. The molecule has 0 spiro atoms. The molecular formula is C24H31N3O3. The standard InChI is InChI=1S/C24H31N3O3/c1-4-19(5-2)26-24(29)22-15-27(20-8-6-7-9-21(20)30-22)16-23(28)25-14-18-12-10-17(3)11-13-18/h6-13,19,22H,4-5,14-16H2,1-3H3,(H,25,28)(H,26,29). The second kappa shape index (κ2) is 10.1. The van der Waals surface area contributed by atoms with Crippen molar-refractivity contribution < 1.29 is 14.3 Å². The average molecular weight is 410 g/mol. The molecule has 6 nitrogen and oxygen atoms in total. The molecule has 1 aliphatic rings. The Bertz CT molecular complexity index is 862. The van der Waals surface area contributed by atoms with Gasteiger partial charge in [0.05, 0.1) is 18.8 Å². The van der Waals surface area contributed by atoms with E-state index in [1.165, 1.54) is 5.56 Å². The zero-order valence-corrected chi connectivity index (χ0v) is 18.0. The van der Waals surface area contributed by atoms with E-state index in [1.807, 2.05) is 60.4 Å². The lowest BCUT2D eigenvalue weighted by Gasteiger charge is -2.35. The molecule has 0 saturated heterocycles. The number of anilines is 1. The van der Waals surface area contributed by atoms with E-state index < -0.39 is 6.10 Å². The van der Waals surface area contributed by atoms with Crippen molar-refractivity contribution in [3.63, 3.8) is 0 Å². The molecule has 30 heavy (non-hydrogen) atoms. The summed E-state index contributed by atoms with van der Waals surface area (Å²) in [5.41, 5.74) is 3.07. The zero-order chi connectivity index (χ0) is 21.5. The van der Waals surface area contributed by atoms with Gasteiger partial charge in [-0.3, -0.25) is 9.59 Å². The maximum Gasteiger partial charge on any atom is 0.263 e. The van der Waals surface area contributed by atoms with Gasteiger partial charge in [-0.15, -0.1) is 0 Å². The number of rotatable bonds is 8. The monoisotopic (exact) mass is 409 g/mol. The Morgan fingerprint density at radius 2 is 1.80 bits per heavy atom. The van der Waals surface area contributed by atoms with E-state index in [0.29, 0.717) is 18.8 Å². The highest BCUT2D eigenvalue weighted by Gasteiger charge is 2.32. The molecule has 0 fully saturated rings. The number of hydrogen-bond acceptors (Lipinski definition) is 4. The Morgan fingerprint density at radius 3 is 2.50 bits per heavy atom. The number of carbonyl (C=O) groups is 2. The van der Waals surface area contributed by atoms with Crippen molar-refractivity contribution in [2.75, 3.05) is 18.0 Å². The van der Waals surface area contributed by atoms with Crippen molar-refractivity contribution in [1.82, 2.24) is 10.6 Å². The molecule has 0 saturated carbocycles. The maximum absolute atomic E-state index is 12.7. The molecule has 2 aromatic carbocycles. The maximum atomic E-state index is 12.7. The molecule has 0 aliphatic carbocycles. The molecular weight excluding hydrogens is 378 g/mol. The van der Waals surface area contributed by atoms with E-state index in [0.717, 1.165) is 24.1 Å². The number of benzene rings is 2. The molecule has 3 rings (SSSR count). The van der Waals surface area contributed by atoms with Crippen LogP contribution in [0.4, 0.5) is 5.69 Å². The summed E-state index contributed by atoms with van der Waals surface area (Å²) in [6.45, 7) is 7.12. The number of hydrogen-bond donors (Lipinski definition) is 2. The lowest BCUT2D eigenvalue weighted by Crippen LogP contribution is -2.52.